The first-order valence-corrected chi connectivity index (χ1v) is 11.8. The molecule has 2 aliphatic rings. The van der Waals surface area contributed by atoms with Crippen molar-refractivity contribution in [2.45, 2.75) is 51.9 Å². The molecule has 0 bridgehead atoms. The Bertz CT molecular complexity index is 753. The lowest BCUT2D eigenvalue weighted by Gasteiger charge is -2.38. The fourth-order valence-electron chi connectivity index (χ4n) is 4.72. The molecule has 0 N–H and O–H groups in total. The Balaban J connectivity index is 1.48. The molecule has 2 aliphatic heterocycles. The molecule has 0 aromatic heterocycles. The van der Waals surface area contributed by atoms with Crippen LogP contribution in [-0.2, 0) is 9.59 Å². The van der Waals surface area contributed by atoms with Gasteiger partial charge in [-0.1, -0.05) is 25.1 Å². The second-order valence-corrected chi connectivity index (χ2v) is 9.12. The first-order valence-electron chi connectivity index (χ1n) is 11.8. The molecule has 3 rings (SSSR count). The quantitative estimate of drug-likeness (QED) is 0.638. The van der Waals surface area contributed by atoms with E-state index in [2.05, 4.69) is 17.9 Å². The minimum Gasteiger partial charge on any atom is -0.342 e. The molecule has 2 saturated heterocycles. The van der Waals surface area contributed by atoms with Crippen molar-refractivity contribution in [3.63, 3.8) is 0 Å². The first kappa shape index (κ1) is 23.3. The summed E-state index contributed by atoms with van der Waals surface area (Å²) in [6, 6.07) is 11.5. The molecule has 2 fully saturated rings. The Hall–Kier alpha value is -2.39. The third-order valence-electron chi connectivity index (χ3n) is 6.63. The summed E-state index contributed by atoms with van der Waals surface area (Å²) in [4.78, 5) is 31.8. The van der Waals surface area contributed by atoms with Gasteiger partial charge in [-0.3, -0.25) is 9.59 Å². The average molecular weight is 425 g/mol. The molecule has 0 aliphatic carbocycles. The average Bonchev–Trinajstić information content (AvgIpc) is 2.80. The van der Waals surface area contributed by atoms with E-state index in [4.69, 9.17) is 5.26 Å². The number of carbonyl (C=O) groups is 2. The molecule has 6 nitrogen and oxygen atoms in total. The molecule has 1 atom stereocenters. The van der Waals surface area contributed by atoms with Gasteiger partial charge in [0.15, 0.2) is 0 Å². The smallest absolute Gasteiger partial charge is 0.227 e. The summed E-state index contributed by atoms with van der Waals surface area (Å²) in [6.45, 7) is 7.75. The zero-order valence-corrected chi connectivity index (χ0v) is 18.8. The SMILES string of the molecule is CC1CCN(CC2CCCN(C(=O)CCC(=O)N(CCC#N)c3ccccc3)C2)CC1. The van der Waals surface area contributed by atoms with E-state index in [0.29, 0.717) is 12.5 Å². The lowest BCUT2D eigenvalue weighted by atomic mass is 9.94. The van der Waals surface area contributed by atoms with Gasteiger partial charge in [-0.15, -0.1) is 0 Å². The largest absolute Gasteiger partial charge is 0.342 e. The van der Waals surface area contributed by atoms with E-state index in [-0.39, 0.29) is 31.1 Å². The lowest BCUT2D eigenvalue weighted by molar-refractivity contribution is -0.135. The van der Waals surface area contributed by atoms with Crippen molar-refractivity contribution in [3.8, 4) is 6.07 Å². The van der Waals surface area contributed by atoms with Crippen molar-refractivity contribution in [2.24, 2.45) is 11.8 Å². The van der Waals surface area contributed by atoms with Crippen LogP contribution in [0.2, 0.25) is 0 Å². The number of likely N-dealkylation sites (tertiary alicyclic amines) is 2. The van der Waals surface area contributed by atoms with Gasteiger partial charge in [-0.25, -0.2) is 0 Å². The van der Waals surface area contributed by atoms with E-state index in [1.165, 1.54) is 32.4 Å². The van der Waals surface area contributed by atoms with Crippen LogP contribution in [-0.4, -0.2) is 60.9 Å². The third-order valence-corrected chi connectivity index (χ3v) is 6.63. The highest BCUT2D eigenvalue weighted by Crippen LogP contribution is 2.23. The van der Waals surface area contributed by atoms with E-state index in [0.717, 1.165) is 37.7 Å². The highest BCUT2D eigenvalue weighted by atomic mass is 16.2. The monoisotopic (exact) mass is 424 g/mol. The Morgan fingerprint density at radius 2 is 1.84 bits per heavy atom. The van der Waals surface area contributed by atoms with Gasteiger partial charge in [-0.05, 0) is 62.7 Å². The molecule has 168 valence electrons. The zero-order chi connectivity index (χ0) is 22.1. The molecule has 0 spiro atoms. The van der Waals surface area contributed by atoms with E-state index in [9.17, 15) is 9.59 Å². The predicted molar refractivity (Wildman–Crippen MR) is 122 cm³/mol. The fraction of sp³-hybridized carbons (Fsp3) is 0.640. The number of piperidine rings is 2. The zero-order valence-electron chi connectivity index (χ0n) is 18.8. The van der Waals surface area contributed by atoms with Gasteiger partial charge in [0, 0.05) is 44.7 Å². The number of nitriles is 1. The predicted octanol–water partition coefficient (Wildman–Crippen LogP) is 3.68. The van der Waals surface area contributed by atoms with Gasteiger partial charge >= 0.3 is 0 Å². The summed E-state index contributed by atoms with van der Waals surface area (Å²) in [7, 11) is 0. The van der Waals surface area contributed by atoms with Crippen molar-refractivity contribution >= 4 is 17.5 Å². The number of rotatable bonds is 8. The standard InChI is InChI=1S/C25H36N4O2/c1-21-12-17-27(18-13-21)19-22-7-5-15-28(20-22)24(30)10-11-25(31)29(16-6-14-26)23-8-3-2-4-9-23/h2-4,8-9,21-22H,5-7,10-13,15-20H2,1H3. The van der Waals surface area contributed by atoms with Gasteiger partial charge in [0.1, 0.15) is 0 Å². The second kappa shape index (κ2) is 11.9. The van der Waals surface area contributed by atoms with Crippen molar-refractivity contribution < 1.29 is 9.59 Å². The number of anilines is 1. The van der Waals surface area contributed by atoms with Gasteiger partial charge in [0.25, 0.3) is 0 Å². The van der Waals surface area contributed by atoms with Crippen LogP contribution in [0.4, 0.5) is 5.69 Å². The van der Waals surface area contributed by atoms with Crippen LogP contribution in [0.25, 0.3) is 0 Å². The van der Waals surface area contributed by atoms with Crippen LogP contribution in [0.15, 0.2) is 30.3 Å². The molecule has 1 aromatic rings. The van der Waals surface area contributed by atoms with Crippen LogP contribution in [0.3, 0.4) is 0 Å². The maximum Gasteiger partial charge on any atom is 0.227 e. The summed E-state index contributed by atoms with van der Waals surface area (Å²) in [6.07, 6.45) is 5.49. The number of para-hydroxylation sites is 1. The topological polar surface area (TPSA) is 67.7 Å². The van der Waals surface area contributed by atoms with E-state index < -0.39 is 0 Å². The molecule has 2 heterocycles. The number of hydrogen-bond donors (Lipinski definition) is 0. The maximum absolute atomic E-state index is 12.8. The highest BCUT2D eigenvalue weighted by molar-refractivity contribution is 5.95. The van der Waals surface area contributed by atoms with Gasteiger partial charge < -0.3 is 14.7 Å². The summed E-state index contributed by atoms with van der Waals surface area (Å²) >= 11 is 0. The first-order chi connectivity index (χ1) is 15.1. The number of amides is 2. The Labute approximate surface area is 186 Å². The van der Waals surface area contributed by atoms with Crippen LogP contribution < -0.4 is 4.90 Å². The van der Waals surface area contributed by atoms with Crippen LogP contribution in [0.1, 0.15) is 51.9 Å². The van der Waals surface area contributed by atoms with Gasteiger partial charge in [0.05, 0.1) is 12.5 Å². The molecule has 31 heavy (non-hydrogen) atoms. The molecule has 1 aromatic carbocycles. The minimum atomic E-state index is -0.0919. The molecule has 6 heteroatoms. The van der Waals surface area contributed by atoms with E-state index in [1.54, 1.807) is 4.90 Å². The minimum absolute atomic E-state index is 0.0820. The van der Waals surface area contributed by atoms with Crippen molar-refractivity contribution in [2.75, 3.05) is 44.2 Å². The van der Waals surface area contributed by atoms with Gasteiger partial charge in [-0.2, -0.15) is 5.26 Å². The number of benzene rings is 1. The molecule has 1 unspecified atom stereocenters. The number of hydrogen-bond acceptors (Lipinski definition) is 4. The third kappa shape index (κ3) is 7.07. The van der Waals surface area contributed by atoms with Crippen LogP contribution in [0.5, 0.6) is 0 Å². The maximum atomic E-state index is 12.8. The van der Waals surface area contributed by atoms with Crippen molar-refractivity contribution in [3.05, 3.63) is 30.3 Å². The summed E-state index contributed by atoms with van der Waals surface area (Å²) in [5.41, 5.74) is 0.782. The molecule has 0 radical (unpaired) electrons. The van der Waals surface area contributed by atoms with Gasteiger partial charge in [0.2, 0.25) is 11.8 Å². The summed E-state index contributed by atoms with van der Waals surface area (Å²) in [5.74, 6) is 1.37. The van der Waals surface area contributed by atoms with Crippen LogP contribution in [0, 0.1) is 23.2 Å². The Morgan fingerprint density at radius 3 is 2.55 bits per heavy atom. The normalized spacial score (nSPS) is 20.3. The number of nitrogens with zero attached hydrogens (tertiary/aromatic N) is 4. The molecule has 2 amide bonds. The van der Waals surface area contributed by atoms with Crippen molar-refractivity contribution in [1.82, 2.24) is 9.80 Å². The van der Waals surface area contributed by atoms with E-state index in [1.807, 2.05) is 35.2 Å². The molecular weight excluding hydrogens is 388 g/mol. The van der Waals surface area contributed by atoms with Crippen molar-refractivity contribution in [1.29, 1.82) is 5.26 Å². The van der Waals surface area contributed by atoms with Crippen LogP contribution >= 0.6 is 0 Å². The van der Waals surface area contributed by atoms with E-state index >= 15 is 0 Å². The lowest BCUT2D eigenvalue weighted by Crippen LogP contribution is -2.45. The second-order valence-electron chi connectivity index (χ2n) is 9.12. The number of carbonyl (C=O) groups excluding carboxylic acids is 2. The summed E-state index contributed by atoms with van der Waals surface area (Å²) in [5, 5.41) is 8.94. The summed E-state index contributed by atoms with van der Waals surface area (Å²) < 4.78 is 0. The molecular formula is C25H36N4O2. The Kier molecular flexibility index (Phi) is 8.90. The highest BCUT2D eigenvalue weighted by Gasteiger charge is 2.27. The fourth-order valence-corrected chi connectivity index (χ4v) is 4.72. The Morgan fingerprint density at radius 1 is 1.10 bits per heavy atom. The molecule has 0 saturated carbocycles.